The molecular formula is C14H19ClN2O4. The molecule has 1 aliphatic rings. The van der Waals surface area contributed by atoms with E-state index in [4.69, 9.17) is 10.5 Å². The van der Waals surface area contributed by atoms with Crippen LogP contribution in [0.2, 0.25) is 0 Å². The molecule has 0 spiro atoms. The third-order valence-corrected chi connectivity index (χ3v) is 3.40. The first-order valence-electron chi connectivity index (χ1n) is 6.42. The first kappa shape index (κ1) is 17.4. The Balaban J connectivity index is 0.00000220. The Labute approximate surface area is 129 Å². The number of amides is 1. The molecular weight excluding hydrogens is 296 g/mol. The number of nitrogens with one attached hydrogen (secondary N) is 1. The Morgan fingerprint density at radius 2 is 1.81 bits per heavy atom. The summed E-state index contributed by atoms with van der Waals surface area (Å²) in [7, 11) is 1.32. The van der Waals surface area contributed by atoms with Gasteiger partial charge < -0.3 is 20.5 Å². The second kappa shape index (κ2) is 7.40. The fraction of sp³-hybridized carbons (Fsp3) is 0.429. The summed E-state index contributed by atoms with van der Waals surface area (Å²) >= 11 is 0. The van der Waals surface area contributed by atoms with E-state index in [9.17, 15) is 9.59 Å². The van der Waals surface area contributed by atoms with Crippen LogP contribution >= 0.6 is 12.4 Å². The van der Waals surface area contributed by atoms with Gasteiger partial charge in [-0.3, -0.25) is 4.79 Å². The second-order valence-corrected chi connectivity index (χ2v) is 4.79. The van der Waals surface area contributed by atoms with E-state index < -0.39 is 11.5 Å². The standard InChI is InChI=1S/C14H18N2O4.ClH/c1-19-12(17)10-2-4-11(5-3-10)16-13(18)14(15)6-8-20-9-7-14;/h2-5H,6-9,15H2,1H3,(H,16,18);1H. The molecule has 0 atom stereocenters. The highest BCUT2D eigenvalue weighted by atomic mass is 35.5. The second-order valence-electron chi connectivity index (χ2n) is 4.79. The van der Waals surface area contributed by atoms with E-state index in [1.54, 1.807) is 24.3 Å². The molecule has 0 bridgehead atoms. The zero-order valence-corrected chi connectivity index (χ0v) is 12.6. The number of hydrogen-bond acceptors (Lipinski definition) is 5. The maximum atomic E-state index is 12.2. The minimum absolute atomic E-state index is 0. The molecule has 1 amide bonds. The Kier molecular flexibility index (Phi) is 6.14. The summed E-state index contributed by atoms with van der Waals surface area (Å²) < 4.78 is 9.82. The molecule has 116 valence electrons. The maximum Gasteiger partial charge on any atom is 0.337 e. The summed E-state index contributed by atoms with van der Waals surface area (Å²) in [6, 6.07) is 6.48. The lowest BCUT2D eigenvalue weighted by molar-refractivity contribution is -0.124. The molecule has 0 saturated carbocycles. The third kappa shape index (κ3) is 4.17. The largest absolute Gasteiger partial charge is 0.465 e. The van der Waals surface area contributed by atoms with Crippen molar-refractivity contribution < 1.29 is 19.1 Å². The average molecular weight is 315 g/mol. The first-order valence-corrected chi connectivity index (χ1v) is 6.42. The number of ether oxygens (including phenoxy) is 2. The number of rotatable bonds is 3. The van der Waals surface area contributed by atoms with E-state index in [-0.39, 0.29) is 18.3 Å². The first-order chi connectivity index (χ1) is 9.55. The highest BCUT2D eigenvalue weighted by molar-refractivity contribution is 5.98. The molecule has 0 aliphatic carbocycles. The molecule has 6 nitrogen and oxygen atoms in total. The summed E-state index contributed by atoms with van der Waals surface area (Å²) in [5.41, 5.74) is 6.22. The van der Waals surface area contributed by atoms with Crippen molar-refractivity contribution in [3.8, 4) is 0 Å². The smallest absolute Gasteiger partial charge is 0.337 e. The highest BCUT2D eigenvalue weighted by Gasteiger charge is 2.35. The molecule has 0 radical (unpaired) electrons. The van der Waals surface area contributed by atoms with Gasteiger partial charge in [0.1, 0.15) is 5.54 Å². The van der Waals surface area contributed by atoms with Crippen molar-refractivity contribution in [2.45, 2.75) is 18.4 Å². The number of hydrogen-bond donors (Lipinski definition) is 2. The van der Waals surface area contributed by atoms with Gasteiger partial charge in [-0.2, -0.15) is 0 Å². The molecule has 1 aromatic carbocycles. The van der Waals surface area contributed by atoms with Gasteiger partial charge in [-0.05, 0) is 37.1 Å². The van der Waals surface area contributed by atoms with Gasteiger partial charge in [0.25, 0.3) is 0 Å². The summed E-state index contributed by atoms with van der Waals surface area (Å²) in [5.74, 6) is -0.644. The molecule has 1 aromatic rings. The van der Waals surface area contributed by atoms with Crippen LogP contribution in [-0.4, -0.2) is 37.7 Å². The summed E-state index contributed by atoms with van der Waals surface area (Å²) in [4.78, 5) is 23.5. The molecule has 7 heteroatoms. The quantitative estimate of drug-likeness (QED) is 0.822. The number of esters is 1. The monoisotopic (exact) mass is 314 g/mol. The van der Waals surface area contributed by atoms with Crippen LogP contribution in [0, 0.1) is 0 Å². The maximum absolute atomic E-state index is 12.2. The molecule has 21 heavy (non-hydrogen) atoms. The number of anilines is 1. The van der Waals surface area contributed by atoms with E-state index in [1.165, 1.54) is 7.11 Å². The van der Waals surface area contributed by atoms with E-state index in [0.717, 1.165) is 0 Å². The van der Waals surface area contributed by atoms with Crippen molar-refractivity contribution in [1.29, 1.82) is 0 Å². The fourth-order valence-electron chi connectivity index (χ4n) is 2.03. The van der Waals surface area contributed by atoms with Gasteiger partial charge in [0, 0.05) is 18.9 Å². The highest BCUT2D eigenvalue weighted by Crippen LogP contribution is 2.20. The van der Waals surface area contributed by atoms with Crippen molar-refractivity contribution >= 4 is 30.0 Å². The number of halogens is 1. The van der Waals surface area contributed by atoms with Gasteiger partial charge in [-0.1, -0.05) is 0 Å². The van der Waals surface area contributed by atoms with Crippen molar-refractivity contribution in [3.63, 3.8) is 0 Å². The number of carbonyl (C=O) groups is 2. The Morgan fingerprint density at radius 1 is 1.24 bits per heavy atom. The van der Waals surface area contributed by atoms with Crippen molar-refractivity contribution in [1.82, 2.24) is 0 Å². The number of benzene rings is 1. The van der Waals surface area contributed by atoms with Gasteiger partial charge in [0.05, 0.1) is 12.7 Å². The normalized spacial score (nSPS) is 16.5. The molecule has 3 N–H and O–H groups in total. The fourth-order valence-corrected chi connectivity index (χ4v) is 2.03. The van der Waals surface area contributed by atoms with Crippen LogP contribution in [0.3, 0.4) is 0 Å². The van der Waals surface area contributed by atoms with Crippen LogP contribution in [0.4, 0.5) is 5.69 Å². The van der Waals surface area contributed by atoms with Gasteiger partial charge in [-0.25, -0.2) is 4.79 Å². The lowest BCUT2D eigenvalue weighted by Gasteiger charge is -2.31. The SMILES string of the molecule is COC(=O)c1ccc(NC(=O)C2(N)CCOCC2)cc1.Cl. The predicted octanol–water partition coefficient (Wildman–Crippen LogP) is 1.34. The average Bonchev–Trinajstić information content (AvgIpc) is 2.48. The third-order valence-electron chi connectivity index (χ3n) is 3.40. The molecule has 0 unspecified atom stereocenters. The van der Waals surface area contributed by atoms with Crippen molar-refractivity contribution in [2.24, 2.45) is 5.73 Å². The molecule has 1 heterocycles. The predicted molar refractivity (Wildman–Crippen MR) is 80.6 cm³/mol. The van der Waals surface area contributed by atoms with Crippen LogP contribution < -0.4 is 11.1 Å². The van der Waals surface area contributed by atoms with Gasteiger partial charge in [0.2, 0.25) is 5.91 Å². The molecule has 2 rings (SSSR count). The van der Waals surface area contributed by atoms with Gasteiger partial charge in [-0.15, -0.1) is 12.4 Å². The zero-order valence-electron chi connectivity index (χ0n) is 11.8. The molecule has 1 saturated heterocycles. The minimum atomic E-state index is -0.890. The summed E-state index contributed by atoms with van der Waals surface area (Å²) in [6.45, 7) is 0.983. The van der Waals surface area contributed by atoms with Crippen LogP contribution in [0.5, 0.6) is 0 Å². The van der Waals surface area contributed by atoms with Gasteiger partial charge >= 0.3 is 5.97 Å². The molecule has 0 aromatic heterocycles. The molecule has 1 aliphatic heterocycles. The van der Waals surface area contributed by atoms with Crippen LogP contribution in [-0.2, 0) is 14.3 Å². The van der Waals surface area contributed by atoms with E-state index in [2.05, 4.69) is 10.1 Å². The summed E-state index contributed by atoms with van der Waals surface area (Å²) in [6.07, 6.45) is 0.998. The Morgan fingerprint density at radius 3 is 2.33 bits per heavy atom. The van der Waals surface area contributed by atoms with E-state index in [0.29, 0.717) is 37.3 Å². The topological polar surface area (TPSA) is 90.7 Å². The Bertz CT molecular complexity index is 498. The van der Waals surface area contributed by atoms with Gasteiger partial charge in [0.15, 0.2) is 0 Å². The van der Waals surface area contributed by atoms with Crippen molar-refractivity contribution in [3.05, 3.63) is 29.8 Å². The van der Waals surface area contributed by atoms with Crippen LogP contribution in [0.25, 0.3) is 0 Å². The number of methoxy groups -OCH3 is 1. The Hall–Kier alpha value is -1.63. The van der Waals surface area contributed by atoms with Crippen LogP contribution in [0.1, 0.15) is 23.2 Å². The van der Waals surface area contributed by atoms with E-state index in [1.807, 2.05) is 0 Å². The van der Waals surface area contributed by atoms with Crippen molar-refractivity contribution in [2.75, 3.05) is 25.6 Å². The van der Waals surface area contributed by atoms with Crippen LogP contribution in [0.15, 0.2) is 24.3 Å². The lowest BCUT2D eigenvalue weighted by atomic mass is 9.90. The number of nitrogens with two attached hydrogens (primary N) is 1. The number of carbonyl (C=O) groups excluding carboxylic acids is 2. The zero-order chi connectivity index (χ0) is 14.6. The molecule has 1 fully saturated rings. The minimum Gasteiger partial charge on any atom is -0.465 e. The van der Waals surface area contributed by atoms with E-state index >= 15 is 0 Å². The lowest BCUT2D eigenvalue weighted by Crippen LogP contribution is -2.54. The summed E-state index contributed by atoms with van der Waals surface area (Å²) in [5, 5.41) is 2.76.